The maximum absolute atomic E-state index is 12.7. The number of imidazole rings is 1. The van der Waals surface area contributed by atoms with Crippen LogP contribution in [0.1, 0.15) is 26.1 Å². The van der Waals surface area contributed by atoms with E-state index in [9.17, 15) is 9.59 Å². The van der Waals surface area contributed by atoms with Crippen molar-refractivity contribution < 1.29 is 9.59 Å². The van der Waals surface area contributed by atoms with E-state index in [1.54, 1.807) is 14.1 Å². The van der Waals surface area contributed by atoms with Gasteiger partial charge in [-0.05, 0) is 18.1 Å². The molecule has 7 heteroatoms. The number of nitrogens with one attached hydrogen (secondary N) is 2. The van der Waals surface area contributed by atoms with E-state index < -0.39 is 0 Å². The van der Waals surface area contributed by atoms with Gasteiger partial charge in [0, 0.05) is 45.9 Å². The van der Waals surface area contributed by atoms with Crippen molar-refractivity contribution in [1.29, 1.82) is 0 Å². The first-order chi connectivity index (χ1) is 12.8. The number of aromatic amines is 1. The standard InChI is InChI=1S/C20H29N5O2/c1-13(2)14-11-25(12-17(14)23-20(27)24(3)4)19(26)10-9-18-21-15-7-5-6-8-16(15)22-18/h5-8,13-14,17H,9-12H2,1-4H3,(H,21,22)(H,23,27). The summed E-state index contributed by atoms with van der Waals surface area (Å²) in [5.74, 6) is 1.61. The SMILES string of the molecule is CC(C)C1CN(C(=O)CCc2nc3ccccc3[nH]2)CC1NC(=O)N(C)C. The summed E-state index contributed by atoms with van der Waals surface area (Å²) >= 11 is 0. The number of benzene rings is 1. The van der Waals surface area contributed by atoms with Crippen LogP contribution in [0.5, 0.6) is 0 Å². The summed E-state index contributed by atoms with van der Waals surface area (Å²) in [6, 6.07) is 7.75. The lowest BCUT2D eigenvalue weighted by Gasteiger charge is -2.24. The molecular formula is C20H29N5O2. The van der Waals surface area contributed by atoms with Crippen LogP contribution in [0.25, 0.3) is 11.0 Å². The number of hydrogen-bond acceptors (Lipinski definition) is 3. The van der Waals surface area contributed by atoms with Crippen LogP contribution in [-0.4, -0.2) is 64.9 Å². The molecule has 0 radical (unpaired) electrons. The molecule has 0 bridgehead atoms. The predicted molar refractivity (Wildman–Crippen MR) is 105 cm³/mol. The Hall–Kier alpha value is -2.57. The van der Waals surface area contributed by atoms with Gasteiger partial charge in [0.05, 0.1) is 17.1 Å². The quantitative estimate of drug-likeness (QED) is 0.846. The number of urea groups is 1. The van der Waals surface area contributed by atoms with Crippen LogP contribution in [0.2, 0.25) is 0 Å². The van der Waals surface area contributed by atoms with Gasteiger partial charge in [0.1, 0.15) is 5.82 Å². The molecule has 1 aromatic heterocycles. The van der Waals surface area contributed by atoms with Gasteiger partial charge in [-0.1, -0.05) is 26.0 Å². The fourth-order valence-corrected chi connectivity index (χ4v) is 3.66. The molecule has 1 fully saturated rings. The second-order valence-electron chi connectivity index (χ2n) is 7.86. The summed E-state index contributed by atoms with van der Waals surface area (Å²) in [4.78, 5) is 36.0. The molecule has 0 spiro atoms. The Morgan fingerprint density at radius 2 is 2.04 bits per heavy atom. The minimum atomic E-state index is -0.109. The van der Waals surface area contributed by atoms with E-state index in [0.717, 1.165) is 16.9 Å². The lowest BCUT2D eigenvalue weighted by Crippen LogP contribution is -2.46. The minimum Gasteiger partial charge on any atom is -0.342 e. The molecule has 1 aliphatic heterocycles. The van der Waals surface area contributed by atoms with E-state index in [0.29, 0.717) is 31.8 Å². The van der Waals surface area contributed by atoms with Crippen LogP contribution in [0.4, 0.5) is 4.79 Å². The maximum Gasteiger partial charge on any atom is 0.317 e. The number of nitrogens with zero attached hydrogens (tertiary/aromatic N) is 3. The summed E-state index contributed by atoms with van der Waals surface area (Å²) in [7, 11) is 3.45. The lowest BCUT2D eigenvalue weighted by atomic mass is 9.91. The average molecular weight is 371 g/mol. The van der Waals surface area contributed by atoms with E-state index >= 15 is 0 Å². The van der Waals surface area contributed by atoms with Crippen molar-refractivity contribution in [2.75, 3.05) is 27.2 Å². The van der Waals surface area contributed by atoms with Crippen LogP contribution in [-0.2, 0) is 11.2 Å². The highest BCUT2D eigenvalue weighted by Gasteiger charge is 2.37. The summed E-state index contributed by atoms with van der Waals surface area (Å²) in [5.41, 5.74) is 1.92. The van der Waals surface area contributed by atoms with Crippen LogP contribution in [0.3, 0.4) is 0 Å². The van der Waals surface area contributed by atoms with Gasteiger partial charge in [0.15, 0.2) is 0 Å². The number of amides is 3. The van der Waals surface area contributed by atoms with Crippen LogP contribution in [0, 0.1) is 11.8 Å². The summed E-state index contributed by atoms with van der Waals surface area (Å²) in [5, 5.41) is 3.06. The van der Waals surface area contributed by atoms with E-state index in [-0.39, 0.29) is 23.9 Å². The number of carbonyl (C=O) groups is 2. The molecule has 1 saturated heterocycles. The smallest absolute Gasteiger partial charge is 0.317 e. The van der Waals surface area contributed by atoms with Gasteiger partial charge in [-0.3, -0.25) is 4.79 Å². The molecule has 1 aliphatic rings. The first-order valence-electron chi connectivity index (χ1n) is 9.54. The zero-order valence-corrected chi connectivity index (χ0v) is 16.5. The van der Waals surface area contributed by atoms with Crippen molar-refractivity contribution >= 4 is 23.0 Å². The third-order valence-corrected chi connectivity index (χ3v) is 5.30. The molecule has 27 heavy (non-hydrogen) atoms. The molecule has 2 atom stereocenters. The highest BCUT2D eigenvalue weighted by Crippen LogP contribution is 2.25. The third-order valence-electron chi connectivity index (χ3n) is 5.30. The molecule has 146 valence electrons. The Kier molecular flexibility index (Phi) is 5.68. The molecule has 3 rings (SSSR count). The molecule has 2 unspecified atom stereocenters. The van der Waals surface area contributed by atoms with Gasteiger partial charge in [0.25, 0.3) is 0 Å². The number of aromatic nitrogens is 2. The molecule has 2 N–H and O–H groups in total. The van der Waals surface area contributed by atoms with E-state index in [4.69, 9.17) is 0 Å². The third kappa shape index (κ3) is 4.40. The van der Waals surface area contributed by atoms with Crippen molar-refractivity contribution in [3.05, 3.63) is 30.1 Å². The lowest BCUT2D eigenvalue weighted by molar-refractivity contribution is -0.130. The molecule has 2 heterocycles. The molecule has 7 nitrogen and oxygen atoms in total. The number of para-hydroxylation sites is 2. The van der Waals surface area contributed by atoms with Crippen molar-refractivity contribution in [2.45, 2.75) is 32.7 Å². The first kappa shape index (κ1) is 19.2. The van der Waals surface area contributed by atoms with Gasteiger partial charge >= 0.3 is 6.03 Å². The predicted octanol–water partition coefficient (Wildman–Crippen LogP) is 2.25. The Balaban J connectivity index is 1.59. The second kappa shape index (κ2) is 7.98. The topological polar surface area (TPSA) is 81.3 Å². The van der Waals surface area contributed by atoms with Crippen molar-refractivity contribution in [3.8, 4) is 0 Å². The molecule has 2 aromatic rings. The Labute approximate surface area is 160 Å². The monoisotopic (exact) mass is 371 g/mol. The normalized spacial score (nSPS) is 19.7. The summed E-state index contributed by atoms with van der Waals surface area (Å²) < 4.78 is 0. The summed E-state index contributed by atoms with van der Waals surface area (Å²) in [6.45, 7) is 5.54. The highest BCUT2D eigenvalue weighted by molar-refractivity contribution is 5.78. The van der Waals surface area contributed by atoms with Gasteiger partial charge < -0.3 is 20.1 Å². The fraction of sp³-hybridized carbons (Fsp3) is 0.550. The van der Waals surface area contributed by atoms with E-state index in [1.807, 2.05) is 29.2 Å². The second-order valence-corrected chi connectivity index (χ2v) is 7.86. The van der Waals surface area contributed by atoms with E-state index in [2.05, 4.69) is 29.1 Å². The molecule has 3 amide bonds. The van der Waals surface area contributed by atoms with Crippen LogP contribution < -0.4 is 5.32 Å². The average Bonchev–Trinajstić information content (AvgIpc) is 3.23. The number of likely N-dealkylation sites (tertiary alicyclic amines) is 1. The zero-order valence-electron chi connectivity index (χ0n) is 16.5. The van der Waals surface area contributed by atoms with Gasteiger partial charge in [-0.25, -0.2) is 9.78 Å². The maximum atomic E-state index is 12.7. The zero-order chi connectivity index (χ0) is 19.6. The van der Waals surface area contributed by atoms with Crippen molar-refractivity contribution in [3.63, 3.8) is 0 Å². The van der Waals surface area contributed by atoms with E-state index in [1.165, 1.54) is 4.90 Å². The number of aryl methyl sites for hydroxylation is 1. The van der Waals surface area contributed by atoms with Crippen molar-refractivity contribution in [1.82, 2.24) is 25.1 Å². The van der Waals surface area contributed by atoms with Gasteiger partial charge in [0.2, 0.25) is 5.91 Å². The number of hydrogen-bond donors (Lipinski definition) is 2. The number of carbonyl (C=O) groups excluding carboxylic acids is 2. The van der Waals surface area contributed by atoms with Gasteiger partial charge in [-0.2, -0.15) is 0 Å². The number of H-pyrrole nitrogens is 1. The largest absolute Gasteiger partial charge is 0.342 e. The Bertz CT molecular complexity index is 781. The molecular weight excluding hydrogens is 342 g/mol. The minimum absolute atomic E-state index is 0.00458. The molecule has 1 aromatic carbocycles. The highest BCUT2D eigenvalue weighted by atomic mass is 16.2. The van der Waals surface area contributed by atoms with Crippen molar-refractivity contribution in [2.24, 2.45) is 11.8 Å². The fourth-order valence-electron chi connectivity index (χ4n) is 3.66. The number of fused-ring (bicyclic) bond motifs is 1. The van der Waals surface area contributed by atoms with Gasteiger partial charge in [-0.15, -0.1) is 0 Å². The molecule has 0 saturated carbocycles. The summed E-state index contributed by atoms with van der Waals surface area (Å²) in [6.07, 6.45) is 1.00. The Morgan fingerprint density at radius 1 is 1.30 bits per heavy atom. The Morgan fingerprint density at radius 3 is 2.70 bits per heavy atom. The molecule has 0 aliphatic carbocycles. The van der Waals surface area contributed by atoms with Crippen LogP contribution in [0.15, 0.2) is 24.3 Å². The first-order valence-corrected chi connectivity index (χ1v) is 9.54. The van der Waals surface area contributed by atoms with Crippen LogP contribution >= 0.6 is 0 Å². The number of rotatable bonds is 5.